The second kappa shape index (κ2) is 5.42. The lowest BCUT2D eigenvalue weighted by Crippen LogP contribution is -2.04. The number of aromatic nitrogens is 4. The average Bonchev–Trinajstić information content (AvgIpc) is 3.03. The third-order valence-corrected chi connectivity index (χ3v) is 2.45. The van der Waals surface area contributed by atoms with Crippen LogP contribution < -0.4 is 0 Å². The Hall–Kier alpha value is -2.20. The molecule has 18 heavy (non-hydrogen) atoms. The highest BCUT2D eigenvalue weighted by Crippen LogP contribution is 2.23. The normalized spacial score (nSPS) is 12.3. The Balaban J connectivity index is 2.28. The highest BCUT2D eigenvalue weighted by Gasteiger charge is 2.20. The van der Waals surface area contributed by atoms with E-state index in [-0.39, 0.29) is 12.0 Å². The van der Waals surface area contributed by atoms with Gasteiger partial charge in [0.05, 0.1) is 11.8 Å². The molecule has 0 aliphatic heterocycles. The lowest BCUT2D eigenvalue weighted by Gasteiger charge is -2.09. The van der Waals surface area contributed by atoms with Crippen molar-refractivity contribution in [3.8, 4) is 17.5 Å². The molecule has 94 valence electrons. The monoisotopic (exact) mass is 247 g/mol. The summed E-state index contributed by atoms with van der Waals surface area (Å²) in [4.78, 5) is 4.24. The number of aromatic amines is 1. The molecule has 1 unspecified atom stereocenters. The van der Waals surface area contributed by atoms with Crippen molar-refractivity contribution >= 4 is 0 Å². The first-order valence-corrected chi connectivity index (χ1v) is 5.69. The van der Waals surface area contributed by atoms with Crippen LogP contribution in [0.1, 0.15) is 37.9 Å². The molecule has 2 aromatic heterocycles. The molecule has 7 nitrogen and oxygen atoms in total. The molecule has 2 heterocycles. The van der Waals surface area contributed by atoms with Gasteiger partial charge in [-0.25, -0.2) is 0 Å². The van der Waals surface area contributed by atoms with Gasteiger partial charge in [-0.3, -0.25) is 5.10 Å². The third kappa shape index (κ3) is 2.24. The van der Waals surface area contributed by atoms with Crippen LogP contribution in [0.2, 0.25) is 0 Å². The average molecular weight is 247 g/mol. The zero-order valence-electron chi connectivity index (χ0n) is 10.2. The van der Waals surface area contributed by atoms with Crippen molar-refractivity contribution < 1.29 is 9.26 Å². The minimum Gasteiger partial charge on any atom is -0.370 e. The quantitative estimate of drug-likeness (QED) is 0.864. The fraction of sp³-hybridized carbons (Fsp3) is 0.455. The number of H-pyrrole nitrogens is 1. The second-order valence-electron chi connectivity index (χ2n) is 3.58. The Bertz CT molecular complexity index is 554. The summed E-state index contributed by atoms with van der Waals surface area (Å²) in [7, 11) is 0. The van der Waals surface area contributed by atoms with E-state index in [4.69, 9.17) is 14.5 Å². The largest absolute Gasteiger partial charge is 0.370 e. The van der Waals surface area contributed by atoms with Crippen LogP contribution in [0.4, 0.5) is 0 Å². The molecule has 0 aliphatic carbocycles. The molecule has 0 saturated heterocycles. The summed E-state index contributed by atoms with van der Waals surface area (Å²) in [5.41, 5.74) is 0.803. The standard InChI is InChI=1S/C11H13N5O2/c1-3-9(17-4-2)10-14-11(18-16-10)7-6-13-15-8(7)5-12/h6,9H,3-4H2,1-2H3,(H,13,15). The number of rotatable bonds is 5. The van der Waals surface area contributed by atoms with E-state index in [1.807, 2.05) is 19.9 Å². The summed E-state index contributed by atoms with van der Waals surface area (Å²) in [6, 6.07) is 1.97. The van der Waals surface area contributed by atoms with E-state index in [1.165, 1.54) is 6.20 Å². The summed E-state index contributed by atoms with van der Waals surface area (Å²) >= 11 is 0. The molecule has 0 saturated carbocycles. The Morgan fingerprint density at radius 2 is 2.39 bits per heavy atom. The van der Waals surface area contributed by atoms with Crippen molar-refractivity contribution in [2.24, 2.45) is 0 Å². The highest BCUT2D eigenvalue weighted by molar-refractivity contribution is 5.59. The van der Waals surface area contributed by atoms with E-state index in [9.17, 15) is 0 Å². The molecule has 0 radical (unpaired) electrons. The number of nitrogens with zero attached hydrogens (tertiary/aromatic N) is 4. The van der Waals surface area contributed by atoms with Gasteiger partial charge in [-0.15, -0.1) is 0 Å². The molecule has 1 atom stereocenters. The maximum absolute atomic E-state index is 8.88. The second-order valence-corrected chi connectivity index (χ2v) is 3.58. The summed E-state index contributed by atoms with van der Waals surface area (Å²) in [5, 5.41) is 19.1. The van der Waals surface area contributed by atoms with Gasteiger partial charge in [0.2, 0.25) is 5.82 Å². The van der Waals surface area contributed by atoms with Gasteiger partial charge in [-0.2, -0.15) is 15.3 Å². The van der Waals surface area contributed by atoms with Gasteiger partial charge >= 0.3 is 0 Å². The zero-order chi connectivity index (χ0) is 13.0. The van der Waals surface area contributed by atoms with E-state index in [1.54, 1.807) is 0 Å². The molecule has 0 amide bonds. The molecule has 0 aromatic carbocycles. The van der Waals surface area contributed by atoms with Gasteiger partial charge in [-0.1, -0.05) is 12.1 Å². The lowest BCUT2D eigenvalue weighted by molar-refractivity contribution is 0.0518. The van der Waals surface area contributed by atoms with Crippen LogP contribution in [-0.4, -0.2) is 26.9 Å². The number of hydrogen-bond acceptors (Lipinski definition) is 6. The van der Waals surface area contributed by atoms with Gasteiger partial charge in [0.25, 0.3) is 5.89 Å². The third-order valence-electron chi connectivity index (χ3n) is 2.45. The Labute approximate surface area is 104 Å². The van der Waals surface area contributed by atoms with Crippen molar-refractivity contribution in [1.29, 1.82) is 5.26 Å². The molecular weight excluding hydrogens is 234 g/mol. The van der Waals surface area contributed by atoms with Gasteiger partial charge in [0, 0.05) is 6.61 Å². The van der Waals surface area contributed by atoms with Crippen LogP contribution in [0, 0.1) is 11.3 Å². The molecule has 0 aliphatic rings. The summed E-state index contributed by atoms with van der Waals surface area (Å²) in [6.45, 7) is 4.47. The van der Waals surface area contributed by atoms with Crippen LogP contribution >= 0.6 is 0 Å². The summed E-state index contributed by atoms with van der Waals surface area (Å²) < 4.78 is 10.6. The molecule has 1 N–H and O–H groups in total. The Kier molecular flexibility index (Phi) is 3.69. The smallest absolute Gasteiger partial charge is 0.262 e. The van der Waals surface area contributed by atoms with Gasteiger partial charge in [0.1, 0.15) is 17.9 Å². The Morgan fingerprint density at radius 3 is 3.06 bits per heavy atom. The van der Waals surface area contributed by atoms with Crippen molar-refractivity contribution in [1.82, 2.24) is 20.3 Å². The van der Waals surface area contributed by atoms with Gasteiger partial charge < -0.3 is 9.26 Å². The molecule has 7 heteroatoms. The number of nitriles is 1. The first kappa shape index (κ1) is 12.3. The molecule has 2 aromatic rings. The van der Waals surface area contributed by atoms with E-state index in [0.717, 1.165) is 6.42 Å². The van der Waals surface area contributed by atoms with Crippen molar-refractivity contribution in [2.75, 3.05) is 6.61 Å². The minimum atomic E-state index is -0.190. The number of nitrogens with one attached hydrogen (secondary N) is 1. The zero-order valence-corrected chi connectivity index (χ0v) is 10.2. The number of ether oxygens (including phenoxy) is 1. The fourth-order valence-corrected chi connectivity index (χ4v) is 1.58. The maximum atomic E-state index is 8.88. The van der Waals surface area contributed by atoms with E-state index >= 15 is 0 Å². The molecule has 0 spiro atoms. The molecular formula is C11H13N5O2. The van der Waals surface area contributed by atoms with Crippen molar-refractivity contribution in [2.45, 2.75) is 26.4 Å². The van der Waals surface area contributed by atoms with E-state index in [0.29, 0.717) is 23.7 Å². The first-order valence-electron chi connectivity index (χ1n) is 5.69. The van der Waals surface area contributed by atoms with Crippen LogP contribution in [0.25, 0.3) is 11.5 Å². The molecule has 0 fully saturated rings. The van der Waals surface area contributed by atoms with Crippen molar-refractivity contribution in [3.63, 3.8) is 0 Å². The maximum Gasteiger partial charge on any atom is 0.262 e. The first-order chi connectivity index (χ1) is 8.80. The Morgan fingerprint density at radius 1 is 1.56 bits per heavy atom. The summed E-state index contributed by atoms with van der Waals surface area (Å²) in [6.07, 6.45) is 2.05. The van der Waals surface area contributed by atoms with E-state index < -0.39 is 0 Å². The predicted octanol–water partition coefficient (Wildman–Crippen LogP) is 1.82. The highest BCUT2D eigenvalue weighted by atomic mass is 16.5. The van der Waals surface area contributed by atoms with Gasteiger partial charge in [0.15, 0.2) is 0 Å². The van der Waals surface area contributed by atoms with Crippen LogP contribution in [-0.2, 0) is 4.74 Å². The van der Waals surface area contributed by atoms with Crippen molar-refractivity contribution in [3.05, 3.63) is 17.7 Å². The predicted molar refractivity (Wildman–Crippen MR) is 61.3 cm³/mol. The topological polar surface area (TPSA) is 101 Å². The van der Waals surface area contributed by atoms with Crippen LogP contribution in [0.5, 0.6) is 0 Å². The van der Waals surface area contributed by atoms with Crippen LogP contribution in [0.3, 0.4) is 0 Å². The number of hydrogen-bond donors (Lipinski definition) is 1. The molecule has 0 bridgehead atoms. The summed E-state index contributed by atoms with van der Waals surface area (Å²) in [5.74, 6) is 0.757. The lowest BCUT2D eigenvalue weighted by atomic mass is 10.2. The van der Waals surface area contributed by atoms with E-state index in [2.05, 4.69) is 20.3 Å². The fourth-order valence-electron chi connectivity index (χ4n) is 1.58. The van der Waals surface area contributed by atoms with Gasteiger partial charge in [-0.05, 0) is 13.3 Å². The SMILES string of the molecule is CCOC(CC)c1noc(-c2cn[nH]c2C#N)n1. The minimum absolute atomic E-state index is 0.190. The van der Waals surface area contributed by atoms with Crippen LogP contribution in [0.15, 0.2) is 10.7 Å². The molecule has 2 rings (SSSR count).